The highest BCUT2D eigenvalue weighted by Crippen LogP contribution is 2.38. The van der Waals surface area contributed by atoms with Gasteiger partial charge in [-0.3, -0.25) is 4.90 Å². The maximum atomic E-state index is 6.32. The highest BCUT2D eigenvalue weighted by molar-refractivity contribution is 5.90. The van der Waals surface area contributed by atoms with Crippen LogP contribution >= 0.6 is 0 Å². The van der Waals surface area contributed by atoms with Gasteiger partial charge in [0.05, 0.1) is 21.3 Å². The summed E-state index contributed by atoms with van der Waals surface area (Å²) >= 11 is 0. The predicted molar refractivity (Wildman–Crippen MR) is 130 cm³/mol. The predicted octanol–water partition coefficient (Wildman–Crippen LogP) is 5.99. The van der Waals surface area contributed by atoms with E-state index in [1.165, 1.54) is 22.3 Å². The average molecular weight is 444 g/mol. The van der Waals surface area contributed by atoms with E-state index in [4.69, 9.17) is 18.6 Å². The molecule has 0 saturated heterocycles. The number of aryl methyl sites for hydroxylation is 1. The molecule has 0 bridgehead atoms. The van der Waals surface area contributed by atoms with Gasteiger partial charge in [-0.15, -0.1) is 0 Å². The van der Waals surface area contributed by atoms with Crippen LogP contribution in [0.1, 0.15) is 22.3 Å². The molecule has 0 atom stereocenters. The first kappa shape index (κ1) is 21.4. The standard InChI is InChI=1S/C28H29NO4/c1-18-7-5-6-8-22(18)25-15-23-20(9-10-24(30-2)28(23)33-25)16-29-12-11-19-13-26(31-3)27(32-4)14-21(19)17-29/h5-10,13-15H,11-12,16-17H2,1-4H3. The highest BCUT2D eigenvalue weighted by Gasteiger charge is 2.22. The minimum atomic E-state index is 0.759. The molecule has 33 heavy (non-hydrogen) atoms. The van der Waals surface area contributed by atoms with Gasteiger partial charge in [0.1, 0.15) is 5.76 Å². The van der Waals surface area contributed by atoms with Crippen LogP contribution in [0.5, 0.6) is 17.2 Å². The zero-order valence-electron chi connectivity index (χ0n) is 19.6. The molecular weight excluding hydrogens is 414 g/mol. The van der Waals surface area contributed by atoms with Gasteiger partial charge in [-0.05, 0) is 59.9 Å². The second-order valence-corrected chi connectivity index (χ2v) is 8.53. The first-order valence-corrected chi connectivity index (χ1v) is 11.2. The topological polar surface area (TPSA) is 44.1 Å². The van der Waals surface area contributed by atoms with Crippen LogP contribution in [0.3, 0.4) is 0 Å². The summed E-state index contributed by atoms with van der Waals surface area (Å²) in [6, 6.07) is 18.8. The van der Waals surface area contributed by atoms with Gasteiger partial charge in [0.2, 0.25) is 0 Å². The Hall–Kier alpha value is -3.44. The van der Waals surface area contributed by atoms with Crippen LogP contribution in [0.4, 0.5) is 0 Å². The molecule has 5 heteroatoms. The van der Waals surface area contributed by atoms with Gasteiger partial charge in [0.25, 0.3) is 0 Å². The summed E-state index contributed by atoms with van der Waals surface area (Å²) in [7, 11) is 5.06. The molecule has 0 aliphatic carbocycles. The fraction of sp³-hybridized carbons (Fsp3) is 0.286. The van der Waals surface area contributed by atoms with Crippen molar-refractivity contribution in [2.75, 3.05) is 27.9 Å². The van der Waals surface area contributed by atoms with Crippen molar-refractivity contribution in [3.63, 3.8) is 0 Å². The number of hydrogen-bond donors (Lipinski definition) is 0. The molecule has 1 aromatic heterocycles. The molecule has 0 fully saturated rings. The van der Waals surface area contributed by atoms with Crippen molar-refractivity contribution in [3.05, 3.63) is 76.9 Å². The number of fused-ring (bicyclic) bond motifs is 2. The summed E-state index contributed by atoms with van der Waals surface area (Å²) in [5.74, 6) is 3.20. The largest absolute Gasteiger partial charge is 0.493 e. The molecule has 0 amide bonds. The minimum absolute atomic E-state index is 0.759. The lowest BCUT2D eigenvalue weighted by Crippen LogP contribution is -2.30. The maximum Gasteiger partial charge on any atom is 0.176 e. The zero-order chi connectivity index (χ0) is 22.9. The molecule has 0 saturated carbocycles. The summed E-state index contributed by atoms with van der Waals surface area (Å²) in [5.41, 5.74) is 6.95. The Kier molecular flexibility index (Phi) is 5.73. The van der Waals surface area contributed by atoms with Crippen molar-refractivity contribution in [2.45, 2.75) is 26.4 Å². The number of ether oxygens (including phenoxy) is 3. The third-order valence-corrected chi connectivity index (χ3v) is 6.56. The summed E-state index contributed by atoms with van der Waals surface area (Å²) in [6.07, 6.45) is 0.981. The monoisotopic (exact) mass is 443 g/mol. The molecule has 4 aromatic rings. The van der Waals surface area contributed by atoms with Gasteiger partial charge in [-0.2, -0.15) is 0 Å². The molecule has 1 aliphatic heterocycles. The van der Waals surface area contributed by atoms with Crippen LogP contribution in [-0.4, -0.2) is 32.8 Å². The normalized spacial score (nSPS) is 13.7. The highest BCUT2D eigenvalue weighted by atomic mass is 16.5. The molecule has 1 aliphatic rings. The number of rotatable bonds is 6. The maximum absolute atomic E-state index is 6.32. The quantitative estimate of drug-likeness (QED) is 0.366. The zero-order valence-corrected chi connectivity index (χ0v) is 19.6. The van der Waals surface area contributed by atoms with Gasteiger partial charge in [-0.1, -0.05) is 30.3 Å². The Labute approximate surface area is 194 Å². The average Bonchev–Trinajstić information content (AvgIpc) is 3.29. The minimum Gasteiger partial charge on any atom is -0.493 e. The number of nitrogens with zero attached hydrogens (tertiary/aromatic N) is 1. The van der Waals surface area contributed by atoms with E-state index in [2.05, 4.69) is 48.2 Å². The first-order valence-electron chi connectivity index (χ1n) is 11.2. The molecule has 170 valence electrons. The van der Waals surface area contributed by atoms with Crippen LogP contribution < -0.4 is 14.2 Å². The Morgan fingerprint density at radius 1 is 0.848 bits per heavy atom. The van der Waals surface area contributed by atoms with E-state index in [0.717, 1.165) is 65.6 Å². The molecule has 0 unspecified atom stereocenters. The van der Waals surface area contributed by atoms with Crippen molar-refractivity contribution in [2.24, 2.45) is 0 Å². The van der Waals surface area contributed by atoms with E-state index in [0.29, 0.717) is 0 Å². The second-order valence-electron chi connectivity index (χ2n) is 8.53. The molecule has 2 heterocycles. The summed E-state index contributed by atoms with van der Waals surface area (Å²) in [6.45, 7) is 4.79. The molecule has 0 N–H and O–H groups in total. The number of benzene rings is 3. The Morgan fingerprint density at radius 2 is 1.58 bits per heavy atom. The summed E-state index contributed by atoms with van der Waals surface area (Å²) in [4.78, 5) is 2.47. The lowest BCUT2D eigenvalue weighted by molar-refractivity contribution is 0.245. The Bertz CT molecular complexity index is 1310. The van der Waals surface area contributed by atoms with Crippen molar-refractivity contribution >= 4 is 11.0 Å². The molecule has 0 spiro atoms. The molecular formula is C28H29NO4. The van der Waals surface area contributed by atoms with E-state index in [-0.39, 0.29) is 0 Å². The fourth-order valence-corrected chi connectivity index (χ4v) is 4.75. The van der Waals surface area contributed by atoms with Crippen LogP contribution in [0, 0.1) is 6.92 Å². The van der Waals surface area contributed by atoms with Crippen LogP contribution in [-0.2, 0) is 19.5 Å². The molecule has 5 nitrogen and oxygen atoms in total. The Balaban J connectivity index is 1.48. The van der Waals surface area contributed by atoms with Gasteiger partial charge in [-0.25, -0.2) is 0 Å². The molecule has 5 rings (SSSR count). The third-order valence-electron chi connectivity index (χ3n) is 6.56. The molecule has 3 aromatic carbocycles. The lowest BCUT2D eigenvalue weighted by Gasteiger charge is -2.29. The number of hydrogen-bond acceptors (Lipinski definition) is 5. The van der Waals surface area contributed by atoms with Crippen molar-refractivity contribution in [1.29, 1.82) is 0 Å². The van der Waals surface area contributed by atoms with Crippen molar-refractivity contribution in [3.8, 4) is 28.6 Å². The molecule has 0 radical (unpaired) electrons. The van der Waals surface area contributed by atoms with Gasteiger partial charge in [0.15, 0.2) is 22.8 Å². The summed E-state index contributed by atoms with van der Waals surface area (Å²) in [5, 5.41) is 1.10. The van der Waals surface area contributed by atoms with E-state index >= 15 is 0 Å². The van der Waals surface area contributed by atoms with Gasteiger partial charge >= 0.3 is 0 Å². The van der Waals surface area contributed by atoms with Crippen molar-refractivity contribution in [1.82, 2.24) is 4.90 Å². The SMILES string of the molecule is COc1cc2c(cc1OC)CN(Cc1ccc(OC)c3oc(-c4ccccc4C)cc13)CC2. The van der Waals surface area contributed by atoms with E-state index in [1.54, 1.807) is 21.3 Å². The smallest absolute Gasteiger partial charge is 0.176 e. The number of furan rings is 1. The van der Waals surface area contributed by atoms with Crippen molar-refractivity contribution < 1.29 is 18.6 Å². The van der Waals surface area contributed by atoms with Gasteiger partial charge < -0.3 is 18.6 Å². The second kappa shape index (κ2) is 8.83. The Morgan fingerprint density at radius 3 is 2.30 bits per heavy atom. The van der Waals surface area contributed by atoms with E-state index in [9.17, 15) is 0 Å². The van der Waals surface area contributed by atoms with Gasteiger partial charge in [0, 0.05) is 30.6 Å². The van der Waals surface area contributed by atoms with Crippen LogP contribution in [0.25, 0.3) is 22.3 Å². The third kappa shape index (κ3) is 3.93. The van der Waals surface area contributed by atoms with Crippen LogP contribution in [0.15, 0.2) is 59.0 Å². The van der Waals surface area contributed by atoms with E-state index in [1.807, 2.05) is 18.2 Å². The lowest BCUT2D eigenvalue weighted by atomic mass is 9.98. The summed E-state index contributed by atoms with van der Waals surface area (Å²) < 4.78 is 22.9. The van der Waals surface area contributed by atoms with E-state index < -0.39 is 0 Å². The van der Waals surface area contributed by atoms with Crippen LogP contribution in [0.2, 0.25) is 0 Å². The fourth-order valence-electron chi connectivity index (χ4n) is 4.75. The first-order chi connectivity index (χ1) is 16.1. The number of methoxy groups -OCH3 is 3.